The fraction of sp³-hybridized carbons (Fsp3) is 0.400. The van der Waals surface area contributed by atoms with Crippen molar-refractivity contribution in [3.05, 3.63) is 71.3 Å². The van der Waals surface area contributed by atoms with Gasteiger partial charge in [0.05, 0.1) is 0 Å². The number of aryl methyl sites for hydroxylation is 1. The van der Waals surface area contributed by atoms with Gasteiger partial charge in [-0.15, -0.1) is 0 Å². The Morgan fingerprint density at radius 1 is 1.05 bits per heavy atom. The Morgan fingerprint density at radius 3 is 2.57 bits per heavy atom. The first kappa shape index (κ1) is 14.3. The molecule has 0 spiro atoms. The van der Waals surface area contributed by atoms with Crippen LogP contribution in [0.1, 0.15) is 48.9 Å². The largest absolute Gasteiger partial charge is 0.310 e. The number of benzene rings is 2. The molecule has 0 amide bonds. The normalized spacial score (nSPS) is 22.0. The molecule has 2 aromatic rings. The molecule has 0 aromatic heterocycles. The second-order valence-electron chi connectivity index (χ2n) is 6.05. The smallest absolute Gasteiger partial charge is 0.0354 e. The standard InChI is InChI=1S/C20H25N/c1-3-15-9-8-12-17(13-15)20(21-4-2)19-14-18(19)16-10-6-5-7-11-16/h5-13,18-21H,3-4,14H2,1-2H3. The Kier molecular flexibility index (Phi) is 4.40. The maximum atomic E-state index is 3.71. The van der Waals surface area contributed by atoms with Crippen LogP contribution >= 0.6 is 0 Å². The molecule has 3 atom stereocenters. The Balaban J connectivity index is 1.80. The van der Waals surface area contributed by atoms with E-state index in [0.717, 1.165) is 24.8 Å². The summed E-state index contributed by atoms with van der Waals surface area (Å²) in [5.41, 5.74) is 4.39. The van der Waals surface area contributed by atoms with E-state index in [9.17, 15) is 0 Å². The number of hydrogen-bond donors (Lipinski definition) is 1. The van der Waals surface area contributed by atoms with Crippen molar-refractivity contribution in [1.82, 2.24) is 5.32 Å². The van der Waals surface area contributed by atoms with Crippen molar-refractivity contribution < 1.29 is 0 Å². The first-order valence-electron chi connectivity index (χ1n) is 8.20. The van der Waals surface area contributed by atoms with Crippen LogP contribution in [0.3, 0.4) is 0 Å². The summed E-state index contributed by atoms with van der Waals surface area (Å²) in [4.78, 5) is 0. The zero-order chi connectivity index (χ0) is 14.7. The summed E-state index contributed by atoms with van der Waals surface area (Å²) in [5.74, 6) is 1.46. The molecule has 0 bridgehead atoms. The van der Waals surface area contributed by atoms with E-state index in [1.165, 1.54) is 23.1 Å². The lowest BCUT2D eigenvalue weighted by Crippen LogP contribution is -2.23. The Morgan fingerprint density at radius 2 is 1.86 bits per heavy atom. The Bertz CT molecular complexity index is 575. The molecule has 0 heterocycles. The molecular weight excluding hydrogens is 254 g/mol. The molecule has 1 nitrogen and oxygen atoms in total. The monoisotopic (exact) mass is 279 g/mol. The highest BCUT2D eigenvalue weighted by molar-refractivity contribution is 5.32. The van der Waals surface area contributed by atoms with Gasteiger partial charge in [-0.2, -0.15) is 0 Å². The molecule has 1 heteroatoms. The van der Waals surface area contributed by atoms with E-state index in [1.54, 1.807) is 0 Å². The van der Waals surface area contributed by atoms with Crippen molar-refractivity contribution >= 4 is 0 Å². The summed E-state index contributed by atoms with van der Waals surface area (Å²) >= 11 is 0. The van der Waals surface area contributed by atoms with E-state index in [4.69, 9.17) is 0 Å². The van der Waals surface area contributed by atoms with Gasteiger partial charge in [0, 0.05) is 6.04 Å². The molecule has 21 heavy (non-hydrogen) atoms. The van der Waals surface area contributed by atoms with Crippen LogP contribution in [0.5, 0.6) is 0 Å². The summed E-state index contributed by atoms with van der Waals surface area (Å²) < 4.78 is 0. The molecule has 1 fully saturated rings. The zero-order valence-corrected chi connectivity index (χ0v) is 13.0. The second-order valence-corrected chi connectivity index (χ2v) is 6.05. The van der Waals surface area contributed by atoms with Gasteiger partial charge in [0.15, 0.2) is 0 Å². The third-order valence-corrected chi connectivity index (χ3v) is 4.64. The summed E-state index contributed by atoms with van der Waals surface area (Å²) in [6, 6.07) is 20.6. The molecule has 0 saturated heterocycles. The lowest BCUT2D eigenvalue weighted by atomic mass is 9.96. The fourth-order valence-electron chi connectivity index (χ4n) is 3.41. The van der Waals surface area contributed by atoms with Gasteiger partial charge in [-0.05, 0) is 47.9 Å². The lowest BCUT2D eigenvalue weighted by Gasteiger charge is -2.19. The van der Waals surface area contributed by atoms with Crippen LogP contribution < -0.4 is 5.32 Å². The van der Waals surface area contributed by atoms with Gasteiger partial charge in [0.2, 0.25) is 0 Å². The van der Waals surface area contributed by atoms with Crippen LogP contribution in [-0.2, 0) is 6.42 Å². The molecule has 0 radical (unpaired) electrons. The molecule has 0 aliphatic heterocycles. The maximum Gasteiger partial charge on any atom is 0.0354 e. The summed E-state index contributed by atoms with van der Waals surface area (Å²) in [6.07, 6.45) is 2.41. The van der Waals surface area contributed by atoms with E-state index in [2.05, 4.69) is 73.8 Å². The average molecular weight is 279 g/mol. The third kappa shape index (κ3) is 3.19. The molecule has 1 saturated carbocycles. The van der Waals surface area contributed by atoms with Gasteiger partial charge in [-0.1, -0.05) is 68.4 Å². The van der Waals surface area contributed by atoms with Gasteiger partial charge in [0.25, 0.3) is 0 Å². The van der Waals surface area contributed by atoms with E-state index >= 15 is 0 Å². The molecule has 1 N–H and O–H groups in total. The first-order chi connectivity index (χ1) is 10.3. The van der Waals surface area contributed by atoms with Crippen LogP contribution in [0.4, 0.5) is 0 Å². The highest BCUT2D eigenvalue weighted by atomic mass is 14.9. The molecule has 110 valence electrons. The van der Waals surface area contributed by atoms with Crippen molar-refractivity contribution in [3.63, 3.8) is 0 Å². The Labute approximate surface area is 128 Å². The van der Waals surface area contributed by atoms with Crippen molar-refractivity contribution in [2.75, 3.05) is 6.54 Å². The third-order valence-electron chi connectivity index (χ3n) is 4.64. The number of nitrogens with one attached hydrogen (secondary N) is 1. The van der Waals surface area contributed by atoms with Crippen LogP contribution in [0, 0.1) is 5.92 Å². The molecule has 1 aliphatic carbocycles. The van der Waals surface area contributed by atoms with Crippen LogP contribution in [0.2, 0.25) is 0 Å². The Hall–Kier alpha value is -1.60. The van der Waals surface area contributed by atoms with Crippen LogP contribution in [-0.4, -0.2) is 6.54 Å². The molecule has 1 aliphatic rings. The SMILES string of the molecule is CCNC(c1cccc(CC)c1)C1CC1c1ccccc1. The van der Waals surface area contributed by atoms with E-state index < -0.39 is 0 Å². The molecule has 2 aromatic carbocycles. The molecular formula is C20H25N. The fourth-order valence-corrected chi connectivity index (χ4v) is 3.41. The van der Waals surface area contributed by atoms with E-state index in [1.807, 2.05) is 0 Å². The van der Waals surface area contributed by atoms with Crippen LogP contribution in [0.15, 0.2) is 54.6 Å². The topological polar surface area (TPSA) is 12.0 Å². The quantitative estimate of drug-likeness (QED) is 0.808. The van der Waals surface area contributed by atoms with Gasteiger partial charge in [0.1, 0.15) is 0 Å². The van der Waals surface area contributed by atoms with Crippen molar-refractivity contribution in [1.29, 1.82) is 0 Å². The predicted molar refractivity (Wildman–Crippen MR) is 89.5 cm³/mol. The minimum Gasteiger partial charge on any atom is -0.310 e. The second kappa shape index (κ2) is 6.44. The highest BCUT2D eigenvalue weighted by Crippen LogP contribution is 2.54. The van der Waals surface area contributed by atoms with Gasteiger partial charge < -0.3 is 5.32 Å². The van der Waals surface area contributed by atoms with E-state index in [-0.39, 0.29) is 0 Å². The molecule has 3 unspecified atom stereocenters. The minimum atomic E-state index is 0.492. The van der Waals surface area contributed by atoms with Crippen molar-refractivity contribution in [3.8, 4) is 0 Å². The van der Waals surface area contributed by atoms with Crippen molar-refractivity contribution in [2.24, 2.45) is 5.92 Å². The summed E-state index contributed by atoms with van der Waals surface area (Å²) in [5, 5.41) is 3.71. The summed E-state index contributed by atoms with van der Waals surface area (Å²) in [6.45, 7) is 5.46. The first-order valence-corrected chi connectivity index (χ1v) is 8.20. The van der Waals surface area contributed by atoms with Crippen LogP contribution in [0.25, 0.3) is 0 Å². The maximum absolute atomic E-state index is 3.71. The zero-order valence-electron chi connectivity index (χ0n) is 13.0. The predicted octanol–water partition coefficient (Wildman–Crippen LogP) is 4.70. The number of hydrogen-bond acceptors (Lipinski definition) is 1. The van der Waals surface area contributed by atoms with E-state index in [0.29, 0.717) is 6.04 Å². The van der Waals surface area contributed by atoms with Gasteiger partial charge in [-0.3, -0.25) is 0 Å². The highest BCUT2D eigenvalue weighted by Gasteiger charge is 2.43. The molecule has 3 rings (SSSR count). The average Bonchev–Trinajstić information content (AvgIpc) is 3.34. The number of rotatable bonds is 6. The van der Waals surface area contributed by atoms with Gasteiger partial charge in [-0.25, -0.2) is 0 Å². The van der Waals surface area contributed by atoms with Gasteiger partial charge >= 0.3 is 0 Å². The van der Waals surface area contributed by atoms with Crippen molar-refractivity contribution in [2.45, 2.75) is 38.6 Å². The minimum absolute atomic E-state index is 0.492. The lowest BCUT2D eigenvalue weighted by molar-refractivity contribution is 0.487. The summed E-state index contributed by atoms with van der Waals surface area (Å²) in [7, 11) is 0.